The lowest BCUT2D eigenvalue weighted by atomic mass is 10.2. The zero-order valence-electron chi connectivity index (χ0n) is 12.4. The first-order chi connectivity index (χ1) is 10.9. The molecule has 0 aliphatic carbocycles. The predicted octanol–water partition coefficient (Wildman–Crippen LogP) is 3.88. The van der Waals surface area contributed by atoms with E-state index in [1.165, 1.54) is 16.7 Å². The van der Waals surface area contributed by atoms with E-state index in [1.54, 1.807) is 26.2 Å². The standard InChI is InChI=1S/C14H14ClN3O3S2/c1-18(2)14(21)16-11-10(13(19)20)12(17-23-11)22-7-8-3-5-9(15)6-4-8/h3-6H,7H2,1-2H3,(H,16,21)(H,19,20). The van der Waals surface area contributed by atoms with Gasteiger partial charge in [-0.3, -0.25) is 5.32 Å². The number of nitrogens with one attached hydrogen (secondary N) is 1. The Balaban J connectivity index is 2.15. The Labute approximate surface area is 146 Å². The molecule has 122 valence electrons. The van der Waals surface area contributed by atoms with Crippen LogP contribution >= 0.6 is 34.9 Å². The molecule has 2 amide bonds. The van der Waals surface area contributed by atoms with Crippen LogP contribution < -0.4 is 5.32 Å². The fraction of sp³-hybridized carbons (Fsp3) is 0.214. The normalized spacial score (nSPS) is 10.4. The Bertz CT molecular complexity index is 717. The van der Waals surface area contributed by atoms with E-state index < -0.39 is 12.0 Å². The summed E-state index contributed by atoms with van der Waals surface area (Å²) in [6, 6.07) is 6.90. The number of nitrogens with zero attached hydrogens (tertiary/aromatic N) is 2. The second kappa shape index (κ2) is 7.67. The zero-order chi connectivity index (χ0) is 17.0. The molecule has 1 aromatic carbocycles. The second-order valence-corrected chi connectivity index (χ2v) is 6.91. The van der Waals surface area contributed by atoms with Crippen LogP contribution in [0.25, 0.3) is 0 Å². The highest BCUT2D eigenvalue weighted by molar-refractivity contribution is 7.98. The fourth-order valence-corrected chi connectivity index (χ4v) is 3.61. The van der Waals surface area contributed by atoms with E-state index in [4.69, 9.17) is 11.6 Å². The van der Waals surface area contributed by atoms with Gasteiger partial charge in [0.1, 0.15) is 15.6 Å². The van der Waals surface area contributed by atoms with Gasteiger partial charge in [0.25, 0.3) is 0 Å². The molecule has 0 saturated carbocycles. The molecule has 6 nitrogen and oxygen atoms in total. The van der Waals surface area contributed by atoms with Crippen molar-refractivity contribution in [2.45, 2.75) is 10.8 Å². The molecule has 0 aliphatic heterocycles. The van der Waals surface area contributed by atoms with Crippen LogP contribution in [0, 0.1) is 0 Å². The lowest BCUT2D eigenvalue weighted by Crippen LogP contribution is -2.27. The summed E-state index contributed by atoms with van der Waals surface area (Å²) >= 11 is 8.09. The highest BCUT2D eigenvalue weighted by Gasteiger charge is 2.22. The number of rotatable bonds is 5. The van der Waals surface area contributed by atoms with Gasteiger partial charge in [-0.05, 0) is 29.2 Å². The number of carbonyl (C=O) groups excluding carboxylic acids is 1. The minimum absolute atomic E-state index is 0.0177. The summed E-state index contributed by atoms with van der Waals surface area (Å²) in [5, 5.41) is 13.2. The van der Waals surface area contributed by atoms with Gasteiger partial charge in [0.15, 0.2) is 0 Å². The minimum Gasteiger partial charge on any atom is -0.477 e. The maximum atomic E-state index is 11.7. The molecule has 0 saturated heterocycles. The zero-order valence-corrected chi connectivity index (χ0v) is 14.8. The second-order valence-electron chi connectivity index (χ2n) is 4.74. The molecule has 0 radical (unpaired) electrons. The molecule has 23 heavy (non-hydrogen) atoms. The van der Waals surface area contributed by atoms with Crippen LogP contribution in [-0.2, 0) is 5.75 Å². The van der Waals surface area contributed by atoms with Crippen molar-refractivity contribution in [2.75, 3.05) is 19.4 Å². The van der Waals surface area contributed by atoms with Crippen LogP contribution in [0.4, 0.5) is 9.80 Å². The first-order valence-corrected chi connectivity index (χ1v) is 8.60. The molecule has 9 heteroatoms. The van der Waals surface area contributed by atoms with Gasteiger partial charge in [0, 0.05) is 24.9 Å². The number of thioether (sulfide) groups is 1. The van der Waals surface area contributed by atoms with Crippen molar-refractivity contribution in [2.24, 2.45) is 0 Å². The molecule has 2 N–H and O–H groups in total. The third-order valence-corrected chi connectivity index (χ3v) is 4.97. The Kier molecular flexibility index (Phi) is 5.86. The van der Waals surface area contributed by atoms with E-state index in [9.17, 15) is 14.7 Å². The van der Waals surface area contributed by atoms with Gasteiger partial charge in [-0.1, -0.05) is 35.5 Å². The Morgan fingerprint density at radius 3 is 2.57 bits per heavy atom. The van der Waals surface area contributed by atoms with E-state index >= 15 is 0 Å². The number of anilines is 1. The molecule has 0 bridgehead atoms. The molecular weight excluding hydrogens is 358 g/mol. The van der Waals surface area contributed by atoms with E-state index in [1.807, 2.05) is 12.1 Å². The number of carboxylic acid groups (broad SMARTS) is 1. The third kappa shape index (κ3) is 4.60. The summed E-state index contributed by atoms with van der Waals surface area (Å²) in [6.45, 7) is 0. The summed E-state index contributed by atoms with van der Waals surface area (Å²) < 4.78 is 4.15. The summed E-state index contributed by atoms with van der Waals surface area (Å²) in [5.74, 6) is -0.561. The Morgan fingerprint density at radius 2 is 2.00 bits per heavy atom. The largest absolute Gasteiger partial charge is 0.477 e. The van der Waals surface area contributed by atoms with Gasteiger partial charge in [-0.25, -0.2) is 9.59 Å². The average molecular weight is 372 g/mol. The van der Waals surface area contributed by atoms with Crippen molar-refractivity contribution in [3.8, 4) is 0 Å². The number of urea groups is 1. The van der Waals surface area contributed by atoms with Crippen molar-refractivity contribution in [1.29, 1.82) is 0 Å². The number of aromatic carboxylic acids is 1. The topological polar surface area (TPSA) is 82.5 Å². The Hall–Kier alpha value is -1.77. The molecule has 0 aliphatic rings. The van der Waals surface area contributed by atoms with Crippen molar-refractivity contribution in [3.63, 3.8) is 0 Å². The number of carbonyl (C=O) groups is 2. The number of hydrogen-bond acceptors (Lipinski definition) is 5. The summed E-state index contributed by atoms with van der Waals surface area (Å²) in [6.07, 6.45) is 0. The smallest absolute Gasteiger partial charge is 0.341 e. The van der Waals surface area contributed by atoms with Crippen LogP contribution in [0.15, 0.2) is 29.3 Å². The first kappa shape index (κ1) is 17.6. The van der Waals surface area contributed by atoms with Crippen LogP contribution in [0.1, 0.15) is 15.9 Å². The van der Waals surface area contributed by atoms with Crippen LogP contribution in [0.5, 0.6) is 0 Å². The number of benzene rings is 1. The summed E-state index contributed by atoms with van der Waals surface area (Å²) in [7, 11) is 3.15. The van der Waals surface area contributed by atoms with E-state index in [-0.39, 0.29) is 10.6 Å². The van der Waals surface area contributed by atoms with Crippen LogP contribution in [0.2, 0.25) is 5.02 Å². The number of carboxylic acids is 1. The molecule has 0 atom stereocenters. The Morgan fingerprint density at radius 1 is 1.35 bits per heavy atom. The van der Waals surface area contributed by atoms with Crippen molar-refractivity contribution < 1.29 is 14.7 Å². The van der Waals surface area contributed by atoms with Crippen LogP contribution in [0.3, 0.4) is 0 Å². The molecule has 2 rings (SSSR count). The van der Waals surface area contributed by atoms with Gasteiger partial charge in [-0.15, -0.1) is 0 Å². The number of halogens is 1. The van der Waals surface area contributed by atoms with Crippen molar-refractivity contribution >= 4 is 51.9 Å². The monoisotopic (exact) mass is 371 g/mol. The van der Waals surface area contributed by atoms with Crippen LogP contribution in [-0.4, -0.2) is 40.5 Å². The van der Waals surface area contributed by atoms with Gasteiger partial charge in [-0.2, -0.15) is 4.37 Å². The van der Waals surface area contributed by atoms with Gasteiger partial charge < -0.3 is 10.0 Å². The molecule has 2 aromatic rings. The molecule has 1 heterocycles. The highest BCUT2D eigenvalue weighted by Crippen LogP contribution is 2.33. The quantitative estimate of drug-likeness (QED) is 0.779. The summed E-state index contributed by atoms with van der Waals surface area (Å²) in [5.41, 5.74) is 1.02. The molecule has 1 aromatic heterocycles. The number of aromatic nitrogens is 1. The fourth-order valence-electron chi connectivity index (χ4n) is 1.59. The lowest BCUT2D eigenvalue weighted by molar-refractivity contribution is 0.0694. The predicted molar refractivity (Wildman–Crippen MR) is 92.8 cm³/mol. The SMILES string of the molecule is CN(C)C(=O)Nc1snc(SCc2ccc(Cl)cc2)c1C(=O)O. The first-order valence-electron chi connectivity index (χ1n) is 6.47. The molecule has 0 fully saturated rings. The van der Waals surface area contributed by atoms with Crippen molar-refractivity contribution in [1.82, 2.24) is 9.27 Å². The summed E-state index contributed by atoms with van der Waals surface area (Å²) in [4.78, 5) is 24.5. The number of amides is 2. The maximum absolute atomic E-state index is 11.7. The molecule has 0 spiro atoms. The van der Waals surface area contributed by atoms with Gasteiger partial charge in [0.2, 0.25) is 0 Å². The lowest BCUT2D eigenvalue weighted by Gasteiger charge is -2.10. The van der Waals surface area contributed by atoms with Gasteiger partial charge >= 0.3 is 12.0 Å². The third-order valence-electron chi connectivity index (χ3n) is 2.79. The van der Waals surface area contributed by atoms with E-state index in [2.05, 4.69) is 9.69 Å². The van der Waals surface area contributed by atoms with E-state index in [0.717, 1.165) is 17.1 Å². The van der Waals surface area contributed by atoms with Crippen molar-refractivity contribution in [3.05, 3.63) is 40.4 Å². The number of hydrogen-bond donors (Lipinski definition) is 2. The minimum atomic E-state index is -1.12. The maximum Gasteiger partial charge on any atom is 0.341 e. The average Bonchev–Trinajstić information content (AvgIpc) is 2.89. The molecular formula is C14H14ClN3O3S2. The molecule has 0 unspecified atom stereocenters. The van der Waals surface area contributed by atoms with Gasteiger partial charge in [0.05, 0.1) is 0 Å². The van der Waals surface area contributed by atoms with E-state index in [0.29, 0.717) is 15.8 Å². The highest BCUT2D eigenvalue weighted by atomic mass is 35.5.